The van der Waals surface area contributed by atoms with E-state index < -0.39 is 0 Å². The molecule has 0 bridgehead atoms. The predicted molar refractivity (Wildman–Crippen MR) is 47.7 cm³/mol. The summed E-state index contributed by atoms with van der Waals surface area (Å²) in [5.74, 6) is 0. The highest BCUT2D eigenvalue weighted by atomic mass is 32.1. The zero-order chi connectivity index (χ0) is 9.68. The summed E-state index contributed by atoms with van der Waals surface area (Å²) in [6.07, 6.45) is 0. The Balaban J connectivity index is 2.32. The Morgan fingerprint density at radius 3 is 3.08 bits per heavy atom. The van der Waals surface area contributed by atoms with Crippen LogP contribution in [0.1, 0.15) is 0 Å². The smallest absolute Gasteiger partial charge is 0.314 e. The second kappa shape index (κ2) is 4.55. The molecule has 0 unspecified atom stereocenters. The van der Waals surface area contributed by atoms with Crippen LogP contribution >= 0.6 is 12.2 Å². The largest absolute Gasteiger partial charge is 0.341 e. The van der Waals surface area contributed by atoms with Gasteiger partial charge in [0, 0.05) is 13.6 Å². The lowest BCUT2D eigenvalue weighted by molar-refractivity contribution is 0.242. The second-order valence-corrected chi connectivity index (χ2v) is 2.61. The molecule has 1 heterocycles. The molecule has 0 spiro atoms. The normalized spacial score (nSPS) is 9.62. The number of nitrogens with zero attached hydrogens (tertiary/aromatic N) is 3. The molecule has 0 saturated carbocycles. The fourth-order valence-electron chi connectivity index (χ4n) is 0.731. The molecular formula is C5H10N6OS. The summed E-state index contributed by atoms with van der Waals surface area (Å²) < 4.78 is 1.93. The molecule has 0 aliphatic carbocycles. The van der Waals surface area contributed by atoms with Crippen LogP contribution < -0.4 is 10.6 Å². The van der Waals surface area contributed by atoms with Crippen molar-refractivity contribution in [2.45, 2.75) is 6.54 Å². The maximum Gasteiger partial charge on any atom is 0.314 e. The van der Waals surface area contributed by atoms with Gasteiger partial charge in [-0.1, -0.05) is 10.3 Å². The highest BCUT2D eigenvalue weighted by molar-refractivity contribution is 7.71. The number of aromatic nitrogens is 4. The number of hydrogen-bond acceptors (Lipinski definition) is 4. The van der Waals surface area contributed by atoms with Crippen molar-refractivity contribution in [3.63, 3.8) is 0 Å². The first-order valence-electron chi connectivity index (χ1n) is 3.67. The van der Waals surface area contributed by atoms with E-state index in [2.05, 4.69) is 26.2 Å². The molecule has 3 N–H and O–H groups in total. The van der Waals surface area contributed by atoms with Crippen molar-refractivity contribution >= 4 is 18.2 Å². The third-order valence-corrected chi connectivity index (χ3v) is 1.68. The summed E-state index contributed by atoms with van der Waals surface area (Å²) in [5.41, 5.74) is 0. The molecule has 1 rings (SSSR count). The maximum atomic E-state index is 10.7. The zero-order valence-electron chi connectivity index (χ0n) is 7.07. The van der Waals surface area contributed by atoms with Crippen molar-refractivity contribution < 1.29 is 4.79 Å². The Morgan fingerprint density at radius 1 is 1.77 bits per heavy atom. The van der Waals surface area contributed by atoms with Crippen LogP contribution in [0, 0.1) is 4.77 Å². The van der Waals surface area contributed by atoms with E-state index in [1.165, 1.54) is 0 Å². The molecule has 0 aromatic carbocycles. The quantitative estimate of drug-likeness (QED) is 0.564. The first-order chi connectivity index (χ1) is 6.24. The molecule has 0 aliphatic rings. The van der Waals surface area contributed by atoms with Gasteiger partial charge in [-0.15, -0.1) is 0 Å². The summed E-state index contributed by atoms with van der Waals surface area (Å²) in [4.78, 5) is 10.7. The van der Waals surface area contributed by atoms with Crippen LogP contribution in [0.15, 0.2) is 0 Å². The molecule has 0 radical (unpaired) electrons. The SMILES string of the molecule is CNC(=O)NCCn1[nH]nnc1=S. The predicted octanol–water partition coefficient (Wildman–Crippen LogP) is -0.735. The van der Waals surface area contributed by atoms with E-state index in [0.29, 0.717) is 17.9 Å². The number of hydrogen-bond donors (Lipinski definition) is 3. The summed E-state index contributed by atoms with van der Waals surface area (Å²) in [6.45, 7) is 0.997. The average molecular weight is 202 g/mol. The van der Waals surface area contributed by atoms with Gasteiger partial charge in [0.05, 0.1) is 6.54 Å². The Hall–Kier alpha value is -1.44. The van der Waals surface area contributed by atoms with Gasteiger partial charge in [-0.25, -0.2) is 9.48 Å². The Kier molecular flexibility index (Phi) is 3.38. The van der Waals surface area contributed by atoms with Gasteiger partial charge in [0.25, 0.3) is 0 Å². The molecule has 0 atom stereocenters. The van der Waals surface area contributed by atoms with E-state index in [1.54, 1.807) is 11.7 Å². The standard InChI is InChI=1S/C5H10N6OS/c1-6-4(12)7-2-3-11-5(13)8-9-10-11/h2-3H2,1H3,(H2,6,7,12)(H,8,10,13). The molecule has 7 nitrogen and oxygen atoms in total. The zero-order valence-corrected chi connectivity index (χ0v) is 7.89. The fraction of sp³-hybridized carbons (Fsp3) is 0.600. The number of amides is 2. The van der Waals surface area contributed by atoms with Gasteiger partial charge in [0.2, 0.25) is 4.77 Å². The number of nitrogens with one attached hydrogen (secondary N) is 3. The third-order valence-electron chi connectivity index (χ3n) is 1.38. The van der Waals surface area contributed by atoms with Crippen molar-refractivity contribution in [2.75, 3.05) is 13.6 Å². The lowest BCUT2D eigenvalue weighted by Crippen LogP contribution is -2.34. The molecule has 8 heteroatoms. The van der Waals surface area contributed by atoms with E-state index in [-0.39, 0.29) is 6.03 Å². The van der Waals surface area contributed by atoms with Crippen LogP contribution in [0.5, 0.6) is 0 Å². The molecule has 72 valence electrons. The van der Waals surface area contributed by atoms with Crippen LogP contribution in [0.2, 0.25) is 0 Å². The topological polar surface area (TPSA) is 87.6 Å². The van der Waals surface area contributed by atoms with Gasteiger partial charge >= 0.3 is 6.03 Å². The van der Waals surface area contributed by atoms with Crippen molar-refractivity contribution in [1.29, 1.82) is 0 Å². The Bertz CT molecular complexity index is 330. The Morgan fingerprint density at radius 2 is 2.54 bits per heavy atom. The number of urea groups is 1. The number of carbonyl (C=O) groups is 1. The minimum Gasteiger partial charge on any atom is -0.341 e. The molecule has 2 amide bonds. The van der Waals surface area contributed by atoms with Crippen LogP contribution in [0.3, 0.4) is 0 Å². The van der Waals surface area contributed by atoms with E-state index in [0.717, 1.165) is 0 Å². The number of rotatable bonds is 3. The summed E-state index contributed by atoms with van der Waals surface area (Å²) in [5, 5.41) is 14.7. The van der Waals surface area contributed by atoms with Gasteiger partial charge in [-0.2, -0.15) is 5.21 Å². The van der Waals surface area contributed by atoms with E-state index in [1.807, 2.05) is 0 Å². The number of tetrazole rings is 1. The maximum absolute atomic E-state index is 10.7. The number of carbonyl (C=O) groups excluding carboxylic acids is 1. The Labute approximate surface area is 79.5 Å². The van der Waals surface area contributed by atoms with E-state index in [9.17, 15) is 4.79 Å². The van der Waals surface area contributed by atoms with Crippen molar-refractivity contribution in [1.82, 2.24) is 30.8 Å². The lowest BCUT2D eigenvalue weighted by atomic mass is 10.6. The number of aromatic amines is 1. The van der Waals surface area contributed by atoms with Gasteiger partial charge < -0.3 is 10.6 Å². The van der Waals surface area contributed by atoms with Crippen LogP contribution in [0.4, 0.5) is 4.79 Å². The van der Waals surface area contributed by atoms with Crippen molar-refractivity contribution in [3.05, 3.63) is 4.77 Å². The van der Waals surface area contributed by atoms with E-state index >= 15 is 0 Å². The monoisotopic (exact) mass is 202 g/mol. The molecular weight excluding hydrogens is 192 g/mol. The summed E-state index contributed by atoms with van der Waals surface area (Å²) in [7, 11) is 1.55. The van der Waals surface area contributed by atoms with Gasteiger partial charge in [-0.3, -0.25) is 0 Å². The summed E-state index contributed by atoms with van der Waals surface area (Å²) in [6, 6.07) is -0.223. The molecule has 0 fully saturated rings. The molecule has 0 saturated heterocycles. The first-order valence-corrected chi connectivity index (χ1v) is 4.08. The van der Waals surface area contributed by atoms with Crippen LogP contribution in [0.25, 0.3) is 0 Å². The lowest BCUT2D eigenvalue weighted by Gasteiger charge is -2.03. The van der Waals surface area contributed by atoms with E-state index in [4.69, 9.17) is 12.2 Å². The van der Waals surface area contributed by atoms with Crippen molar-refractivity contribution in [3.8, 4) is 0 Å². The highest BCUT2D eigenvalue weighted by Crippen LogP contribution is 1.81. The van der Waals surface area contributed by atoms with Gasteiger partial charge in [0.15, 0.2) is 0 Å². The van der Waals surface area contributed by atoms with Crippen LogP contribution in [-0.4, -0.2) is 39.8 Å². The molecule has 1 aromatic rings. The highest BCUT2D eigenvalue weighted by Gasteiger charge is 1.97. The minimum atomic E-state index is -0.223. The average Bonchev–Trinajstić information content (AvgIpc) is 2.52. The van der Waals surface area contributed by atoms with Gasteiger partial charge in [0.1, 0.15) is 0 Å². The minimum absolute atomic E-state index is 0.223. The second-order valence-electron chi connectivity index (χ2n) is 2.24. The van der Waals surface area contributed by atoms with Gasteiger partial charge in [-0.05, 0) is 12.2 Å². The summed E-state index contributed by atoms with van der Waals surface area (Å²) >= 11 is 4.82. The molecule has 0 aliphatic heterocycles. The fourth-order valence-corrected chi connectivity index (χ4v) is 0.904. The third kappa shape index (κ3) is 2.82. The molecule has 13 heavy (non-hydrogen) atoms. The number of H-pyrrole nitrogens is 1. The first kappa shape index (κ1) is 9.65. The van der Waals surface area contributed by atoms with Crippen LogP contribution in [-0.2, 0) is 6.54 Å². The van der Waals surface area contributed by atoms with Crippen molar-refractivity contribution in [2.24, 2.45) is 0 Å². The molecule has 1 aromatic heterocycles.